The zero-order valence-corrected chi connectivity index (χ0v) is 38.3. The van der Waals surface area contributed by atoms with E-state index in [1.165, 1.54) is 83.4 Å². The van der Waals surface area contributed by atoms with Crippen molar-refractivity contribution >= 4 is 67.0 Å². The molecular formula is C63H53N3. The molecule has 0 bridgehead atoms. The Morgan fingerprint density at radius 3 is 1.36 bits per heavy atom. The van der Waals surface area contributed by atoms with E-state index >= 15 is 0 Å². The topological polar surface area (TPSA) is 9.72 Å². The van der Waals surface area contributed by atoms with Crippen LogP contribution in [0.5, 0.6) is 0 Å². The van der Waals surface area contributed by atoms with Crippen LogP contribution in [0.15, 0.2) is 231 Å². The van der Waals surface area contributed by atoms with E-state index < -0.39 is 0 Å². The highest BCUT2D eigenvalue weighted by Crippen LogP contribution is 2.61. The van der Waals surface area contributed by atoms with Crippen molar-refractivity contribution < 1.29 is 0 Å². The highest BCUT2D eigenvalue weighted by Gasteiger charge is 2.46. The van der Waals surface area contributed by atoms with Gasteiger partial charge in [-0.05, 0) is 134 Å². The lowest BCUT2D eigenvalue weighted by molar-refractivity contribution is 0.597. The Labute approximate surface area is 389 Å². The minimum Gasteiger partial charge on any atom is -0.345 e. The maximum Gasteiger partial charge on any atom is 0.0545 e. The van der Waals surface area contributed by atoms with Crippen molar-refractivity contribution in [3.05, 3.63) is 253 Å². The molecule has 0 saturated carbocycles. The molecule has 0 aliphatic carbocycles. The molecule has 10 aromatic rings. The third-order valence-electron chi connectivity index (χ3n) is 14.0. The summed E-state index contributed by atoms with van der Waals surface area (Å²) < 4.78 is 0. The van der Waals surface area contributed by atoms with Gasteiger partial charge in [-0.3, -0.25) is 0 Å². The summed E-state index contributed by atoms with van der Waals surface area (Å²) in [6.07, 6.45) is 0. The predicted molar refractivity (Wildman–Crippen MR) is 281 cm³/mol. The number of para-hydroxylation sites is 3. The molecule has 2 aliphatic heterocycles. The zero-order chi connectivity index (χ0) is 45.0. The number of hydrogen-bond acceptors (Lipinski definition) is 3. The van der Waals surface area contributed by atoms with E-state index in [-0.39, 0.29) is 10.8 Å². The van der Waals surface area contributed by atoms with Crippen LogP contribution in [0.4, 0.5) is 45.5 Å². The van der Waals surface area contributed by atoms with Gasteiger partial charge in [0.05, 0.1) is 17.1 Å². The molecule has 0 atom stereocenters. The Balaban J connectivity index is 0.000000424. The van der Waals surface area contributed by atoms with Crippen LogP contribution in [0.2, 0.25) is 0 Å². The quantitative estimate of drug-likeness (QED) is 0.165. The molecule has 10 aromatic carbocycles. The first-order valence-corrected chi connectivity index (χ1v) is 23.1. The second-order valence-electron chi connectivity index (χ2n) is 18.7. The van der Waals surface area contributed by atoms with E-state index in [0.717, 1.165) is 17.1 Å². The Morgan fingerprint density at radius 1 is 0.318 bits per heavy atom. The fourth-order valence-corrected chi connectivity index (χ4v) is 10.4. The molecule has 66 heavy (non-hydrogen) atoms. The number of hydrogen-bond donors (Lipinski definition) is 0. The highest BCUT2D eigenvalue weighted by molar-refractivity contribution is 5.96. The van der Waals surface area contributed by atoms with E-state index in [9.17, 15) is 0 Å². The van der Waals surface area contributed by atoms with Gasteiger partial charge in [0.1, 0.15) is 0 Å². The maximum absolute atomic E-state index is 2.55. The van der Waals surface area contributed by atoms with Crippen molar-refractivity contribution in [3.63, 3.8) is 0 Å². The molecule has 0 N–H and O–H groups in total. The van der Waals surface area contributed by atoms with Gasteiger partial charge in [-0.15, -0.1) is 0 Å². The van der Waals surface area contributed by atoms with Crippen LogP contribution in [0, 0.1) is 0 Å². The van der Waals surface area contributed by atoms with Gasteiger partial charge >= 0.3 is 0 Å². The third-order valence-corrected chi connectivity index (χ3v) is 14.0. The minimum atomic E-state index is -0.292. The number of rotatable bonds is 6. The fourth-order valence-electron chi connectivity index (χ4n) is 10.4. The van der Waals surface area contributed by atoms with Crippen LogP contribution in [0.25, 0.3) is 32.7 Å². The van der Waals surface area contributed by atoms with Crippen LogP contribution in [0.3, 0.4) is 0 Å². The number of anilines is 8. The van der Waals surface area contributed by atoms with Crippen molar-refractivity contribution in [2.24, 2.45) is 0 Å². The van der Waals surface area contributed by atoms with Crippen molar-refractivity contribution in [3.8, 4) is 11.1 Å². The van der Waals surface area contributed by atoms with E-state index in [2.05, 4.69) is 280 Å². The second-order valence-corrected chi connectivity index (χ2v) is 18.7. The maximum atomic E-state index is 2.55. The van der Waals surface area contributed by atoms with Crippen molar-refractivity contribution in [1.82, 2.24) is 0 Å². The van der Waals surface area contributed by atoms with Gasteiger partial charge in [0.25, 0.3) is 0 Å². The molecular weight excluding hydrogens is 799 g/mol. The molecule has 0 amide bonds. The normalized spacial score (nSPS) is 13.7. The molecule has 0 aromatic heterocycles. The Morgan fingerprint density at radius 2 is 0.773 bits per heavy atom. The van der Waals surface area contributed by atoms with E-state index in [1.54, 1.807) is 0 Å². The Kier molecular flexibility index (Phi) is 10.1. The van der Waals surface area contributed by atoms with Crippen LogP contribution < -0.4 is 14.7 Å². The van der Waals surface area contributed by atoms with Gasteiger partial charge in [0, 0.05) is 46.3 Å². The largest absolute Gasteiger partial charge is 0.345 e. The lowest BCUT2D eigenvalue weighted by Crippen LogP contribution is -2.38. The van der Waals surface area contributed by atoms with Gasteiger partial charge in [0.2, 0.25) is 0 Å². The van der Waals surface area contributed by atoms with E-state index in [4.69, 9.17) is 0 Å². The monoisotopic (exact) mass is 851 g/mol. The van der Waals surface area contributed by atoms with E-state index in [0.29, 0.717) is 0 Å². The molecule has 0 radical (unpaired) electrons. The van der Waals surface area contributed by atoms with Gasteiger partial charge < -0.3 is 14.7 Å². The van der Waals surface area contributed by atoms with Crippen LogP contribution in [-0.4, -0.2) is 7.05 Å². The third kappa shape index (κ3) is 7.00. The molecule has 0 fully saturated rings. The average molecular weight is 852 g/mol. The molecule has 320 valence electrons. The van der Waals surface area contributed by atoms with Crippen molar-refractivity contribution in [2.45, 2.75) is 38.5 Å². The summed E-state index contributed by atoms with van der Waals surface area (Å²) in [7, 11) is 2.15. The number of nitrogens with zero attached hydrogens (tertiary/aromatic N) is 3. The Bertz CT molecular complexity index is 3280. The summed E-state index contributed by atoms with van der Waals surface area (Å²) in [5, 5.41) is 5.13. The first-order valence-electron chi connectivity index (χ1n) is 23.1. The van der Waals surface area contributed by atoms with Gasteiger partial charge in [-0.2, -0.15) is 0 Å². The number of fused-ring (bicyclic) bond motifs is 6. The van der Waals surface area contributed by atoms with Gasteiger partial charge in [-0.25, -0.2) is 0 Å². The average Bonchev–Trinajstić information content (AvgIpc) is 3.37. The molecule has 0 saturated heterocycles. The molecule has 3 nitrogen and oxygen atoms in total. The zero-order valence-electron chi connectivity index (χ0n) is 38.3. The summed E-state index contributed by atoms with van der Waals surface area (Å²) in [5.74, 6) is 0. The molecule has 12 rings (SSSR count). The number of benzene rings is 10. The lowest BCUT2D eigenvalue weighted by Gasteiger charge is -2.50. The predicted octanol–water partition coefficient (Wildman–Crippen LogP) is 17.3. The summed E-state index contributed by atoms with van der Waals surface area (Å²) in [6, 6.07) is 83.5. The molecule has 0 spiro atoms. The fraction of sp³-hybridized carbons (Fsp3) is 0.111. The van der Waals surface area contributed by atoms with E-state index in [1.807, 2.05) is 0 Å². The summed E-state index contributed by atoms with van der Waals surface area (Å²) in [5.41, 5.74) is 16.8. The van der Waals surface area contributed by atoms with Crippen LogP contribution in [0.1, 0.15) is 49.9 Å². The summed E-state index contributed by atoms with van der Waals surface area (Å²) in [6.45, 7) is 9.61. The lowest BCUT2D eigenvalue weighted by atomic mass is 9.66. The second kappa shape index (κ2) is 16.3. The molecule has 2 heterocycles. The standard InChI is InChI=1S/C53H45N3.C10H8/c1-52(2)45-22-14-15-23-49(45)56-50-31-27-39(37-24-28-40(29-25-37)54(5)43-30-26-36-16-12-13-17-38(36)32-43)33-46(50)53(3,4)48-35-44(34-47(52)51(48)56)55(41-18-8-6-9-19-41)42-20-10-7-11-21-42;1-2-6-10-8-4-3-7-9(10)5-1/h6-35H,1-5H3;1-8H. The SMILES string of the molecule is CN(c1ccc(-c2ccc3c(c2)C(C)(C)c2cc(N(c4ccccc4)c4ccccc4)cc4c2N3c2ccccc2C4(C)C)cc1)c1ccc2ccccc2c1.c1ccc2ccccc2c1. The molecule has 2 aliphatic rings. The highest BCUT2D eigenvalue weighted by atomic mass is 15.2. The van der Waals surface area contributed by atoms with Gasteiger partial charge in [0.15, 0.2) is 0 Å². The molecule has 0 unspecified atom stereocenters. The van der Waals surface area contributed by atoms with Gasteiger partial charge in [-0.1, -0.05) is 179 Å². The van der Waals surface area contributed by atoms with Crippen LogP contribution in [-0.2, 0) is 10.8 Å². The summed E-state index contributed by atoms with van der Waals surface area (Å²) in [4.78, 5) is 7.23. The first-order chi connectivity index (χ1) is 32.2. The smallest absolute Gasteiger partial charge is 0.0545 e. The van der Waals surface area contributed by atoms with Crippen molar-refractivity contribution in [2.75, 3.05) is 21.7 Å². The van der Waals surface area contributed by atoms with Crippen molar-refractivity contribution in [1.29, 1.82) is 0 Å². The van der Waals surface area contributed by atoms with Crippen LogP contribution >= 0.6 is 0 Å². The first kappa shape index (κ1) is 40.9. The Hall–Kier alpha value is -7.88. The summed E-state index contributed by atoms with van der Waals surface area (Å²) >= 11 is 0. The molecule has 3 heteroatoms. The minimum absolute atomic E-state index is 0.221.